The Bertz CT molecular complexity index is 641. The summed E-state index contributed by atoms with van der Waals surface area (Å²) < 4.78 is 10.2. The van der Waals surface area contributed by atoms with E-state index in [0.717, 1.165) is 0 Å². The van der Waals surface area contributed by atoms with E-state index in [2.05, 4.69) is 14.7 Å². The molecule has 110 valence electrons. The van der Waals surface area contributed by atoms with E-state index >= 15 is 0 Å². The minimum absolute atomic E-state index is 0.263. The third-order valence-corrected chi connectivity index (χ3v) is 2.74. The van der Waals surface area contributed by atoms with Crippen LogP contribution in [0.25, 0.3) is 0 Å². The van der Waals surface area contributed by atoms with E-state index in [4.69, 9.17) is 10.5 Å². The fourth-order valence-corrected chi connectivity index (χ4v) is 1.70. The van der Waals surface area contributed by atoms with Crippen LogP contribution in [0.15, 0.2) is 30.6 Å². The van der Waals surface area contributed by atoms with Gasteiger partial charge in [0.25, 0.3) is 0 Å². The molecule has 7 nitrogen and oxygen atoms in total. The molecule has 1 heterocycles. The van der Waals surface area contributed by atoms with Crippen molar-refractivity contribution in [2.75, 3.05) is 31.8 Å². The molecule has 0 spiro atoms. The molecule has 0 saturated carbocycles. The molecule has 0 unspecified atom stereocenters. The second-order valence-electron chi connectivity index (χ2n) is 4.43. The first-order valence-electron chi connectivity index (χ1n) is 6.17. The van der Waals surface area contributed by atoms with E-state index in [9.17, 15) is 4.79 Å². The number of hydrogen-bond donors (Lipinski definition) is 1. The van der Waals surface area contributed by atoms with Crippen LogP contribution in [0, 0.1) is 0 Å². The van der Waals surface area contributed by atoms with Crippen LogP contribution < -0.4 is 15.4 Å². The van der Waals surface area contributed by atoms with Crippen LogP contribution in [-0.4, -0.2) is 37.1 Å². The molecular weight excluding hydrogens is 272 g/mol. The zero-order valence-electron chi connectivity index (χ0n) is 12.0. The maximum Gasteiger partial charge on any atom is 0.337 e. The number of rotatable bonds is 4. The Morgan fingerprint density at radius 1 is 1.19 bits per heavy atom. The molecule has 0 amide bonds. The number of carbonyl (C=O) groups is 1. The summed E-state index contributed by atoms with van der Waals surface area (Å²) in [5.41, 5.74) is 6.75. The lowest BCUT2D eigenvalue weighted by Crippen LogP contribution is -2.14. The van der Waals surface area contributed by atoms with Crippen molar-refractivity contribution >= 4 is 17.5 Å². The lowest BCUT2D eigenvalue weighted by atomic mass is 10.2. The summed E-state index contributed by atoms with van der Waals surface area (Å²) in [6.07, 6.45) is 1.38. The normalized spacial score (nSPS) is 10.0. The van der Waals surface area contributed by atoms with Crippen LogP contribution in [0.1, 0.15) is 10.4 Å². The minimum atomic E-state index is -0.405. The molecule has 1 aromatic heterocycles. The Balaban J connectivity index is 2.22. The number of nitrogens with zero attached hydrogens (tertiary/aromatic N) is 3. The first-order chi connectivity index (χ1) is 10.0. The van der Waals surface area contributed by atoms with Crippen LogP contribution in [0.4, 0.5) is 11.5 Å². The molecule has 0 aliphatic heterocycles. The second-order valence-corrected chi connectivity index (χ2v) is 4.43. The Labute approximate surface area is 122 Å². The van der Waals surface area contributed by atoms with E-state index < -0.39 is 5.97 Å². The highest BCUT2D eigenvalue weighted by atomic mass is 16.5. The van der Waals surface area contributed by atoms with Gasteiger partial charge in [-0.25, -0.2) is 9.78 Å². The molecular formula is C14H16N4O3. The maximum absolute atomic E-state index is 11.3. The third-order valence-electron chi connectivity index (χ3n) is 2.74. The van der Waals surface area contributed by atoms with Crippen molar-refractivity contribution in [1.82, 2.24) is 9.97 Å². The van der Waals surface area contributed by atoms with Gasteiger partial charge >= 0.3 is 5.97 Å². The van der Waals surface area contributed by atoms with Crippen molar-refractivity contribution in [3.05, 3.63) is 36.2 Å². The largest absolute Gasteiger partial charge is 0.465 e. The number of methoxy groups -OCH3 is 1. The van der Waals surface area contributed by atoms with Crippen molar-refractivity contribution in [2.24, 2.45) is 0 Å². The zero-order chi connectivity index (χ0) is 15.4. The van der Waals surface area contributed by atoms with Crippen molar-refractivity contribution in [1.29, 1.82) is 0 Å². The van der Waals surface area contributed by atoms with Gasteiger partial charge in [0.2, 0.25) is 5.88 Å². The summed E-state index contributed by atoms with van der Waals surface area (Å²) in [6.45, 7) is 0. The van der Waals surface area contributed by atoms with E-state index in [1.54, 1.807) is 29.2 Å². The van der Waals surface area contributed by atoms with E-state index in [-0.39, 0.29) is 5.88 Å². The highest BCUT2D eigenvalue weighted by Crippen LogP contribution is 2.30. The average molecular weight is 288 g/mol. The van der Waals surface area contributed by atoms with Gasteiger partial charge < -0.3 is 20.1 Å². The van der Waals surface area contributed by atoms with Crippen molar-refractivity contribution in [3.8, 4) is 11.6 Å². The van der Waals surface area contributed by atoms with Gasteiger partial charge in [0.15, 0.2) is 5.82 Å². The number of hydrogen-bond acceptors (Lipinski definition) is 7. The van der Waals surface area contributed by atoms with E-state index in [1.165, 1.54) is 13.4 Å². The van der Waals surface area contributed by atoms with E-state index in [1.807, 2.05) is 14.1 Å². The number of benzene rings is 1. The predicted molar refractivity (Wildman–Crippen MR) is 78.6 cm³/mol. The molecule has 0 atom stereocenters. The number of esters is 1. The number of aromatic nitrogens is 2. The maximum atomic E-state index is 11.3. The standard InChI is InChI=1S/C14H16N4O3/c1-18(2)12-11(15)13(17-8-16-12)21-10-6-4-9(5-7-10)14(19)20-3/h4-8H,15H2,1-3H3. The van der Waals surface area contributed by atoms with E-state index in [0.29, 0.717) is 22.8 Å². The van der Waals surface area contributed by atoms with Gasteiger partial charge in [-0.05, 0) is 24.3 Å². The summed E-state index contributed by atoms with van der Waals surface area (Å²) in [4.78, 5) is 21.2. The van der Waals surface area contributed by atoms with Crippen LogP contribution in [0.5, 0.6) is 11.6 Å². The van der Waals surface area contributed by atoms with Crippen molar-refractivity contribution in [3.63, 3.8) is 0 Å². The minimum Gasteiger partial charge on any atom is -0.465 e. The molecule has 0 radical (unpaired) electrons. The average Bonchev–Trinajstić information content (AvgIpc) is 2.49. The van der Waals surface area contributed by atoms with Gasteiger partial charge in [-0.1, -0.05) is 0 Å². The van der Waals surface area contributed by atoms with Crippen LogP contribution in [0.2, 0.25) is 0 Å². The van der Waals surface area contributed by atoms with Gasteiger partial charge in [0.1, 0.15) is 17.8 Å². The number of carbonyl (C=O) groups excluding carboxylic acids is 1. The number of ether oxygens (including phenoxy) is 2. The summed E-state index contributed by atoms with van der Waals surface area (Å²) >= 11 is 0. The van der Waals surface area contributed by atoms with Crippen LogP contribution >= 0.6 is 0 Å². The number of nitrogens with two attached hydrogens (primary N) is 1. The van der Waals surface area contributed by atoms with Gasteiger partial charge in [-0.15, -0.1) is 0 Å². The topological polar surface area (TPSA) is 90.6 Å². The molecule has 2 aromatic rings. The predicted octanol–water partition coefficient (Wildman–Crippen LogP) is 1.70. The number of nitrogen functional groups attached to an aromatic ring is 1. The fourth-order valence-electron chi connectivity index (χ4n) is 1.70. The third kappa shape index (κ3) is 3.19. The van der Waals surface area contributed by atoms with Crippen molar-refractivity contribution < 1.29 is 14.3 Å². The molecule has 0 aliphatic rings. The number of anilines is 2. The molecule has 0 fully saturated rings. The summed E-state index contributed by atoms with van der Waals surface area (Å²) in [7, 11) is 4.98. The lowest BCUT2D eigenvalue weighted by molar-refractivity contribution is 0.0600. The smallest absolute Gasteiger partial charge is 0.337 e. The monoisotopic (exact) mass is 288 g/mol. The lowest BCUT2D eigenvalue weighted by Gasteiger charge is -2.15. The quantitative estimate of drug-likeness (QED) is 0.856. The fraction of sp³-hybridized carbons (Fsp3) is 0.214. The van der Waals surface area contributed by atoms with Crippen LogP contribution in [-0.2, 0) is 4.74 Å². The van der Waals surface area contributed by atoms with Crippen LogP contribution in [0.3, 0.4) is 0 Å². The zero-order valence-corrected chi connectivity index (χ0v) is 12.0. The second kappa shape index (κ2) is 6.08. The van der Waals surface area contributed by atoms with Gasteiger partial charge in [-0.2, -0.15) is 4.98 Å². The molecule has 2 rings (SSSR count). The summed E-state index contributed by atoms with van der Waals surface area (Å²) in [5, 5.41) is 0. The van der Waals surface area contributed by atoms with Crippen molar-refractivity contribution in [2.45, 2.75) is 0 Å². The first kappa shape index (κ1) is 14.6. The molecule has 2 N–H and O–H groups in total. The Kier molecular flexibility index (Phi) is 4.22. The summed E-state index contributed by atoms with van der Waals surface area (Å²) in [6, 6.07) is 6.49. The molecule has 7 heteroatoms. The molecule has 0 bridgehead atoms. The Hall–Kier alpha value is -2.83. The Morgan fingerprint density at radius 2 is 1.86 bits per heavy atom. The molecule has 0 aliphatic carbocycles. The van der Waals surface area contributed by atoms with Gasteiger partial charge in [0.05, 0.1) is 12.7 Å². The van der Waals surface area contributed by atoms with Gasteiger partial charge in [0, 0.05) is 14.1 Å². The SMILES string of the molecule is COC(=O)c1ccc(Oc2ncnc(N(C)C)c2N)cc1. The summed E-state index contributed by atoms with van der Waals surface area (Å²) in [5.74, 6) is 0.946. The first-order valence-corrected chi connectivity index (χ1v) is 6.17. The molecule has 0 saturated heterocycles. The van der Waals surface area contributed by atoms with Gasteiger partial charge in [-0.3, -0.25) is 0 Å². The highest BCUT2D eigenvalue weighted by molar-refractivity contribution is 5.89. The molecule has 1 aromatic carbocycles. The highest BCUT2D eigenvalue weighted by Gasteiger charge is 2.12. The molecule has 21 heavy (non-hydrogen) atoms. The Morgan fingerprint density at radius 3 is 2.43 bits per heavy atom.